The topological polar surface area (TPSA) is 6.48 Å². The number of benzene rings is 8. The van der Waals surface area contributed by atoms with E-state index in [1.165, 1.54) is 124 Å². The molecule has 0 aliphatic heterocycles. The van der Waals surface area contributed by atoms with Gasteiger partial charge in [0.25, 0.3) is 0 Å². The zero-order valence-corrected chi connectivity index (χ0v) is 32.7. The molecule has 56 heavy (non-hydrogen) atoms. The maximum Gasteiger partial charge on any atom is 0.0540 e. The predicted molar refractivity (Wildman–Crippen MR) is 243 cm³/mol. The lowest BCUT2D eigenvalue weighted by atomic mass is 9.86. The first-order chi connectivity index (χ1) is 27.4. The van der Waals surface area contributed by atoms with Gasteiger partial charge in [-0.05, 0) is 167 Å². The zero-order valence-electron chi connectivity index (χ0n) is 32.7. The lowest BCUT2D eigenvalue weighted by Crippen LogP contribution is -2.34. The molecule has 1 saturated carbocycles. The standard InChI is InChI=1S/C54H46N2/c1-33-11-19-37(20-12-33)55(38-21-13-34(2)14-22-38)51-29-27-43-49-32-48-42-8-6-10-46-52(56(39-23-15-35(3)16-24-39)40-25-17-36(4)18-26-40)30-28-44(54(42)46)50(48)31-47(49)41-7-5-9-45(51)53(41)43/h5-16,19-24,27-32,36,40H,17-18,25-26H2,1-4H3. The van der Waals surface area contributed by atoms with Crippen LogP contribution in [0.15, 0.2) is 146 Å². The van der Waals surface area contributed by atoms with Crippen molar-refractivity contribution in [1.29, 1.82) is 0 Å². The van der Waals surface area contributed by atoms with Gasteiger partial charge < -0.3 is 9.80 Å². The van der Waals surface area contributed by atoms with Gasteiger partial charge in [0, 0.05) is 39.6 Å². The number of hydrogen-bond acceptors (Lipinski definition) is 2. The number of rotatable bonds is 6. The fraction of sp³-hybridized carbons (Fsp3) is 0.185. The van der Waals surface area contributed by atoms with E-state index in [9.17, 15) is 0 Å². The first-order valence-electron chi connectivity index (χ1n) is 20.5. The van der Waals surface area contributed by atoms with Crippen LogP contribution in [-0.2, 0) is 0 Å². The molecule has 0 spiro atoms. The van der Waals surface area contributed by atoms with Gasteiger partial charge in [0.1, 0.15) is 0 Å². The number of hydrogen-bond donors (Lipinski definition) is 0. The van der Waals surface area contributed by atoms with Crippen LogP contribution < -0.4 is 9.80 Å². The van der Waals surface area contributed by atoms with Gasteiger partial charge in [-0.15, -0.1) is 0 Å². The molecule has 10 aromatic carbocycles. The Labute approximate surface area is 329 Å². The van der Waals surface area contributed by atoms with Crippen molar-refractivity contribution in [2.75, 3.05) is 9.80 Å². The van der Waals surface area contributed by atoms with E-state index in [1.54, 1.807) is 0 Å². The summed E-state index contributed by atoms with van der Waals surface area (Å²) in [6.07, 6.45) is 5.03. The Kier molecular flexibility index (Phi) is 7.55. The summed E-state index contributed by atoms with van der Waals surface area (Å²) in [5.74, 6) is 0.804. The molecule has 1 fully saturated rings. The quantitative estimate of drug-likeness (QED) is 0.169. The van der Waals surface area contributed by atoms with Gasteiger partial charge in [-0.1, -0.05) is 109 Å². The fourth-order valence-corrected chi connectivity index (χ4v) is 10.1. The molecule has 0 amide bonds. The second-order valence-electron chi connectivity index (χ2n) is 16.8. The average Bonchev–Trinajstić information content (AvgIpc) is 3.71. The third kappa shape index (κ3) is 5.08. The Morgan fingerprint density at radius 2 is 0.768 bits per heavy atom. The van der Waals surface area contributed by atoms with Crippen molar-refractivity contribution in [2.45, 2.75) is 59.4 Å². The minimum atomic E-state index is 0.494. The highest BCUT2D eigenvalue weighted by Gasteiger charge is 2.28. The first kappa shape index (κ1) is 33.2. The van der Waals surface area contributed by atoms with E-state index in [-0.39, 0.29) is 0 Å². The average molecular weight is 723 g/mol. The number of nitrogens with zero attached hydrogens (tertiary/aromatic N) is 2. The minimum absolute atomic E-state index is 0.494. The van der Waals surface area contributed by atoms with Gasteiger partial charge in [-0.25, -0.2) is 0 Å². The Hall–Kier alpha value is -6.12. The normalized spacial score (nSPS) is 16.3. The van der Waals surface area contributed by atoms with Crippen LogP contribution in [0.1, 0.15) is 49.3 Å². The highest BCUT2D eigenvalue weighted by molar-refractivity contribution is 6.38. The van der Waals surface area contributed by atoms with E-state index < -0.39 is 0 Å². The molecular formula is C54H46N2. The van der Waals surface area contributed by atoms with Crippen LogP contribution in [0.3, 0.4) is 0 Å². The molecule has 0 unspecified atom stereocenters. The third-order valence-electron chi connectivity index (χ3n) is 13.1. The molecule has 0 radical (unpaired) electrons. The summed E-state index contributed by atoms with van der Waals surface area (Å²) in [4.78, 5) is 5.11. The van der Waals surface area contributed by atoms with Crippen LogP contribution in [0.2, 0.25) is 0 Å². The molecule has 10 aromatic rings. The monoisotopic (exact) mass is 722 g/mol. The minimum Gasteiger partial charge on any atom is -0.338 e. The Morgan fingerprint density at radius 1 is 0.375 bits per heavy atom. The van der Waals surface area contributed by atoms with Gasteiger partial charge in [0.15, 0.2) is 0 Å². The van der Waals surface area contributed by atoms with Crippen LogP contribution in [0.4, 0.5) is 28.4 Å². The summed E-state index contributed by atoms with van der Waals surface area (Å²) in [5, 5.41) is 16.1. The fourth-order valence-electron chi connectivity index (χ4n) is 10.1. The third-order valence-corrected chi connectivity index (χ3v) is 13.1. The number of anilines is 5. The Morgan fingerprint density at radius 3 is 1.25 bits per heavy atom. The first-order valence-corrected chi connectivity index (χ1v) is 20.5. The molecule has 0 heterocycles. The summed E-state index contributed by atoms with van der Waals surface area (Å²) in [6.45, 7) is 8.92. The van der Waals surface area contributed by atoms with Crippen molar-refractivity contribution in [2.24, 2.45) is 5.92 Å². The molecule has 0 atom stereocenters. The summed E-state index contributed by atoms with van der Waals surface area (Å²) in [6, 6.07) is 56.0. The second kappa shape index (κ2) is 12.7. The maximum atomic E-state index is 2.68. The Balaban J connectivity index is 1.12. The molecule has 11 rings (SSSR count). The van der Waals surface area contributed by atoms with Crippen molar-refractivity contribution in [3.8, 4) is 0 Å². The summed E-state index contributed by atoms with van der Waals surface area (Å²) < 4.78 is 0. The SMILES string of the molecule is Cc1ccc(N(c2ccc(C)cc2)c2ccc3c4cc5c(cc4c4cccc2c34)c2ccc(N(c3ccc(C)cc3)C3CCC(C)CC3)c3cccc5c32)cc1. The molecule has 0 saturated heterocycles. The van der Waals surface area contributed by atoms with Crippen LogP contribution in [-0.4, -0.2) is 6.04 Å². The molecule has 2 nitrogen and oxygen atoms in total. The Bertz CT molecular complexity index is 2960. The summed E-state index contributed by atoms with van der Waals surface area (Å²) >= 11 is 0. The predicted octanol–water partition coefficient (Wildman–Crippen LogP) is 15.6. The summed E-state index contributed by atoms with van der Waals surface area (Å²) in [5.41, 5.74) is 10.00. The van der Waals surface area contributed by atoms with E-state index in [0.717, 1.165) is 17.3 Å². The summed E-state index contributed by atoms with van der Waals surface area (Å²) in [7, 11) is 0. The molecular weight excluding hydrogens is 677 g/mol. The van der Waals surface area contributed by atoms with Gasteiger partial charge in [-0.2, -0.15) is 0 Å². The lowest BCUT2D eigenvalue weighted by molar-refractivity contribution is 0.346. The van der Waals surface area contributed by atoms with Crippen molar-refractivity contribution < 1.29 is 0 Å². The second-order valence-corrected chi connectivity index (χ2v) is 16.8. The molecule has 272 valence electrons. The van der Waals surface area contributed by atoms with Crippen LogP contribution in [0.5, 0.6) is 0 Å². The molecule has 0 N–H and O–H groups in total. The van der Waals surface area contributed by atoms with Crippen molar-refractivity contribution >= 4 is 93.1 Å². The molecule has 1 aliphatic carbocycles. The molecule has 0 aromatic heterocycles. The van der Waals surface area contributed by atoms with Crippen molar-refractivity contribution in [1.82, 2.24) is 0 Å². The van der Waals surface area contributed by atoms with Gasteiger partial charge >= 0.3 is 0 Å². The van der Waals surface area contributed by atoms with Crippen LogP contribution >= 0.6 is 0 Å². The zero-order chi connectivity index (χ0) is 37.7. The van der Waals surface area contributed by atoms with Crippen molar-refractivity contribution in [3.63, 3.8) is 0 Å². The molecule has 1 aliphatic rings. The van der Waals surface area contributed by atoms with Gasteiger partial charge in [0.05, 0.1) is 5.69 Å². The van der Waals surface area contributed by atoms with Crippen LogP contribution in [0.25, 0.3) is 64.6 Å². The van der Waals surface area contributed by atoms with E-state index in [4.69, 9.17) is 0 Å². The maximum absolute atomic E-state index is 2.68. The van der Waals surface area contributed by atoms with E-state index in [2.05, 4.69) is 183 Å². The molecule has 2 heteroatoms. The van der Waals surface area contributed by atoms with E-state index in [1.807, 2.05) is 0 Å². The lowest BCUT2D eigenvalue weighted by Gasteiger charge is -2.38. The number of aryl methyl sites for hydroxylation is 3. The highest BCUT2D eigenvalue weighted by atomic mass is 15.2. The number of fused-ring (bicyclic) bond motifs is 6. The van der Waals surface area contributed by atoms with Gasteiger partial charge in [0.2, 0.25) is 0 Å². The highest BCUT2D eigenvalue weighted by Crippen LogP contribution is 2.50. The van der Waals surface area contributed by atoms with E-state index >= 15 is 0 Å². The molecule has 0 bridgehead atoms. The largest absolute Gasteiger partial charge is 0.338 e. The van der Waals surface area contributed by atoms with E-state index in [0.29, 0.717) is 6.04 Å². The van der Waals surface area contributed by atoms with Crippen LogP contribution in [0, 0.1) is 26.7 Å². The van der Waals surface area contributed by atoms with Gasteiger partial charge in [-0.3, -0.25) is 0 Å². The van der Waals surface area contributed by atoms with Crippen molar-refractivity contribution in [3.05, 3.63) is 162 Å². The smallest absolute Gasteiger partial charge is 0.0540 e.